The first-order chi connectivity index (χ1) is 11.2. The van der Waals surface area contributed by atoms with Crippen LogP contribution < -0.4 is 19.5 Å². The highest BCUT2D eigenvalue weighted by Gasteiger charge is 2.16. The van der Waals surface area contributed by atoms with E-state index in [1.807, 2.05) is 30.3 Å². The van der Waals surface area contributed by atoms with Crippen LogP contribution in [0, 0.1) is 0 Å². The zero-order valence-corrected chi connectivity index (χ0v) is 13.0. The lowest BCUT2D eigenvalue weighted by atomic mass is 10.2. The molecule has 0 saturated carbocycles. The van der Waals surface area contributed by atoms with Gasteiger partial charge in [0.25, 0.3) is 0 Å². The molecule has 2 aromatic rings. The van der Waals surface area contributed by atoms with Crippen molar-refractivity contribution >= 4 is 11.7 Å². The number of methoxy groups -OCH3 is 1. The molecule has 2 amide bonds. The van der Waals surface area contributed by atoms with E-state index in [-0.39, 0.29) is 12.8 Å². The van der Waals surface area contributed by atoms with Gasteiger partial charge in [0.15, 0.2) is 11.5 Å². The zero-order chi connectivity index (χ0) is 16.2. The molecule has 120 valence electrons. The lowest BCUT2D eigenvalue weighted by molar-refractivity contribution is 0.174. The molecule has 6 nitrogen and oxygen atoms in total. The highest BCUT2D eigenvalue weighted by molar-refractivity contribution is 5.90. The zero-order valence-electron chi connectivity index (χ0n) is 13.0. The first-order valence-corrected chi connectivity index (χ1v) is 7.21. The van der Waals surface area contributed by atoms with Gasteiger partial charge in [0.05, 0.1) is 12.8 Å². The van der Waals surface area contributed by atoms with E-state index in [2.05, 4.69) is 5.32 Å². The third-order valence-electron chi connectivity index (χ3n) is 3.55. The minimum absolute atomic E-state index is 0.216. The summed E-state index contributed by atoms with van der Waals surface area (Å²) in [6.45, 7) is 0.695. The molecule has 1 heterocycles. The van der Waals surface area contributed by atoms with Gasteiger partial charge in [0, 0.05) is 13.6 Å². The Morgan fingerprint density at radius 2 is 2.00 bits per heavy atom. The number of fused-ring (bicyclic) bond motifs is 1. The summed E-state index contributed by atoms with van der Waals surface area (Å²) < 4.78 is 15.9. The number of rotatable bonds is 4. The molecule has 3 rings (SSSR count). The molecule has 0 aromatic heterocycles. The van der Waals surface area contributed by atoms with Gasteiger partial charge < -0.3 is 24.4 Å². The number of amides is 2. The highest BCUT2D eigenvalue weighted by Crippen LogP contribution is 2.32. The van der Waals surface area contributed by atoms with Crippen LogP contribution in [-0.4, -0.2) is 31.9 Å². The number of carbonyl (C=O) groups is 1. The first kappa shape index (κ1) is 15.0. The molecule has 1 aliphatic heterocycles. The lowest BCUT2D eigenvalue weighted by Crippen LogP contribution is -2.30. The predicted octanol–water partition coefficient (Wildman–Crippen LogP) is 3.09. The van der Waals surface area contributed by atoms with Gasteiger partial charge in [-0.1, -0.05) is 18.2 Å². The first-order valence-electron chi connectivity index (χ1n) is 7.21. The van der Waals surface area contributed by atoms with Crippen LogP contribution in [0.2, 0.25) is 0 Å². The maximum atomic E-state index is 12.3. The van der Waals surface area contributed by atoms with E-state index in [4.69, 9.17) is 14.2 Å². The van der Waals surface area contributed by atoms with Crippen molar-refractivity contribution in [2.75, 3.05) is 26.3 Å². The second-order valence-corrected chi connectivity index (χ2v) is 5.17. The van der Waals surface area contributed by atoms with Crippen molar-refractivity contribution in [2.24, 2.45) is 0 Å². The summed E-state index contributed by atoms with van der Waals surface area (Å²) in [6.07, 6.45) is 0. The number of benzene rings is 2. The van der Waals surface area contributed by atoms with Crippen molar-refractivity contribution in [1.82, 2.24) is 4.90 Å². The molecular formula is C17H18N2O4. The van der Waals surface area contributed by atoms with Gasteiger partial charge in [0.2, 0.25) is 6.79 Å². The molecule has 23 heavy (non-hydrogen) atoms. The number of anilines is 1. The number of urea groups is 1. The minimum atomic E-state index is -0.216. The second kappa shape index (κ2) is 6.48. The maximum Gasteiger partial charge on any atom is 0.321 e. The van der Waals surface area contributed by atoms with Crippen molar-refractivity contribution in [1.29, 1.82) is 0 Å². The van der Waals surface area contributed by atoms with Crippen LogP contribution >= 0.6 is 0 Å². The number of nitrogens with one attached hydrogen (secondary N) is 1. The molecule has 0 saturated heterocycles. The Bertz CT molecular complexity index is 717. The monoisotopic (exact) mass is 314 g/mol. The maximum absolute atomic E-state index is 12.3. The fourth-order valence-electron chi connectivity index (χ4n) is 2.34. The Morgan fingerprint density at radius 1 is 1.22 bits per heavy atom. The normalized spacial score (nSPS) is 11.9. The summed E-state index contributed by atoms with van der Waals surface area (Å²) >= 11 is 0. The fraction of sp³-hybridized carbons (Fsp3) is 0.235. The average Bonchev–Trinajstić information content (AvgIpc) is 3.03. The van der Waals surface area contributed by atoms with E-state index in [1.54, 1.807) is 31.2 Å². The standard InChI is InChI=1S/C17H18N2O4/c1-19(10-12-7-8-15-16(9-12)23-11-22-15)17(20)18-13-5-3-4-6-14(13)21-2/h3-9H,10-11H2,1-2H3,(H,18,20). The summed E-state index contributed by atoms with van der Waals surface area (Å²) in [5.74, 6) is 2.06. The number of hydrogen-bond acceptors (Lipinski definition) is 4. The van der Waals surface area contributed by atoms with Crippen LogP contribution in [0.3, 0.4) is 0 Å². The van der Waals surface area contributed by atoms with E-state index < -0.39 is 0 Å². The summed E-state index contributed by atoms with van der Waals surface area (Å²) in [5.41, 5.74) is 1.60. The number of carbonyl (C=O) groups excluding carboxylic acids is 1. The molecule has 0 aliphatic carbocycles. The van der Waals surface area contributed by atoms with Gasteiger partial charge in [-0.2, -0.15) is 0 Å². The molecule has 1 aliphatic rings. The fourth-order valence-corrected chi connectivity index (χ4v) is 2.34. The van der Waals surface area contributed by atoms with Crippen LogP contribution in [0.5, 0.6) is 17.2 Å². The summed E-state index contributed by atoms with van der Waals surface area (Å²) in [7, 11) is 3.30. The van der Waals surface area contributed by atoms with Crippen molar-refractivity contribution in [2.45, 2.75) is 6.54 Å². The van der Waals surface area contributed by atoms with E-state index in [9.17, 15) is 4.79 Å². The Kier molecular flexibility index (Phi) is 4.23. The van der Waals surface area contributed by atoms with Gasteiger partial charge >= 0.3 is 6.03 Å². The van der Waals surface area contributed by atoms with Gasteiger partial charge in [-0.3, -0.25) is 0 Å². The Hall–Kier alpha value is -2.89. The van der Waals surface area contributed by atoms with Crippen LogP contribution in [0.15, 0.2) is 42.5 Å². The van der Waals surface area contributed by atoms with Crippen LogP contribution in [0.1, 0.15) is 5.56 Å². The van der Waals surface area contributed by atoms with Crippen LogP contribution in [0.4, 0.5) is 10.5 Å². The van der Waals surface area contributed by atoms with Gasteiger partial charge in [-0.05, 0) is 29.8 Å². The molecule has 1 N–H and O–H groups in total. The smallest absolute Gasteiger partial charge is 0.321 e. The number of hydrogen-bond donors (Lipinski definition) is 1. The predicted molar refractivity (Wildman–Crippen MR) is 86.0 cm³/mol. The topological polar surface area (TPSA) is 60.0 Å². The van der Waals surface area contributed by atoms with Crippen LogP contribution in [-0.2, 0) is 6.54 Å². The molecular weight excluding hydrogens is 296 g/mol. The third kappa shape index (κ3) is 3.31. The van der Waals surface area contributed by atoms with Gasteiger partial charge in [-0.15, -0.1) is 0 Å². The molecule has 0 radical (unpaired) electrons. The second-order valence-electron chi connectivity index (χ2n) is 5.17. The van der Waals surface area contributed by atoms with Gasteiger partial charge in [-0.25, -0.2) is 4.79 Å². The molecule has 0 bridgehead atoms. The van der Waals surface area contributed by atoms with E-state index in [1.165, 1.54) is 0 Å². The van der Waals surface area contributed by atoms with Crippen molar-refractivity contribution in [3.05, 3.63) is 48.0 Å². The molecule has 0 spiro atoms. The highest BCUT2D eigenvalue weighted by atomic mass is 16.7. The molecule has 2 aromatic carbocycles. The summed E-state index contributed by atoms with van der Waals surface area (Å²) in [6, 6.07) is 12.7. The SMILES string of the molecule is COc1ccccc1NC(=O)N(C)Cc1ccc2c(c1)OCO2. The van der Waals surface area contributed by atoms with E-state index in [0.717, 1.165) is 11.3 Å². The third-order valence-corrected chi connectivity index (χ3v) is 3.55. The molecule has 0 atom stereocenters. The van der Waals surface area contributed by atoms with E-state index >= 15 is 0 Å². The average molecular weight is 314 g/mol. The van der Waals surface area contributed by atoms with Crippen molar-refractivity contribution in [3.63, 3.8) is 0 Å². The van der Waals surface area contributed by atoms with Crippen molar-refractivity contribution in [3.8, 4) is 17.2 Å². The van der Waals surface area contributed by atoms with Gasteiger partial charge in [0.1, 0.15) is 5.75 Å². The number of nitrogens with zero attached hydrogens (tertiary/aromatic N) is 1. The largest absolute Gasteiger partial charge is 0.495 e. The lowest BCUT2D eigenvalue weighted by Gasteiger charge is -2.19. The Morgan fingerprint density at radius 3 is 2.83 bits per heavy atom. The summed E-state index contributed by atoms with van der Waals surface area (Å²) in [4.78, 5) is 13.9. The molecule has 6 heteroatoms. The molecule has 0 fully saturated rings. The van der Waals surface area contributed by atoms with Crippen molar-refractivity contribution < 1.29 is 19.0 Å². The van der Waals surface area contributed by atoms with E-state index in [0.29, 0.717) is 23.7 Å². The summed E-state index contributed by atoms with van der Waals surface area (Å²) in [5, 5.41) is 2.84. The Labute approximate surface area is 134 Å². The molecule has 0 unspecified atom stereocenters. The Balaban J connectivity index is 1.66. The van der Waals surface area contributed by atoms with Crippen LogP contribution in [0.25, 0.3) is 0 Å². The number of ether oxygens (including phenoxy) is 3. The quantitative estimate of drug-likeness (QED) is 0.942. The minimum Gasteiger partial charge on any atom is -0.495 e. The number of para-hydroxylation sites is 2.